The van der Waals surface area contributed by atoms with E-state index in [0.29, 0.717) is 6.04 Å². The van der Waals surface area contributed by atoms with Crippen LogP contribution in [-0.2, 0) is 0 Å². The lowest BCUT2D eigenvalue weighted by molar-refractivity contribution is 0.334. The van der Waals surface area contributed by atoms with E-state index < -0.39 is 0 Å². The van der Waals surface area contributed by atoms with Crippen LogP contribution in [0.5, 0.6) is 0 Å². The first-order valence-corrected chi connectivity index (χ1v) is 7.29. The van der Waals surface area contributed by atoms with Gasteiger partial charge in [0.1, 0.15) is 0 Å². The highest BCUT2D eigenvalue weighted by Gasteiger charge is 2.13. The van der Waals surface area contributed by atoms with Gasteiger partial charge in [-0.1, -0.05) is 26.2 Å². The van der Waals surface area contributed by atoms with Crippen molar-refractivity contribution in [3.05, 3.63) is 0 Å². The van der Waals surface area contributed by atoms with E-state index in [2.05, 4.69) is 19.2 Å². The fourth-order valence-corrected chi connectivity index (χ4v) is 2.82. The zero-order valence-electron chi connectivity index (χ0n) is 9.72. The third-order valence-electron chi connectivity index (χ3n) is 3.05. The second-order valence-electron chi connectivity index (χ2n) is 4.47. The molecule has 0 radical (unpaired) electrons. The van der Waals surface area contributed by atoms with Crippen LogP contribution in [0, 0.1) is 5.92 Å². The maximum absolute atomic E-state index is 3.67. The summed E-state index contributed by atoms with van der Waals surface area (Å²) in [6.07, 6.45) is 7.31. The molecule has 1 unspecified atom stereocenters. The SMILES string of the molecule is CCSCC(C)NCC1CCCCC1. The highest BCUT2D eigenvalue weighted by molar-refractivity contribution is 7.99. The second-order valence-corrected chi connectivity index (χ2v) is 5.79. The summed E-state index contributed by atoms with van der Waals surface area (Å²) in [6, 6.07) is 0.696. The number of hydrogen-bond acceptors (Lipinski definition) is 2. The van der Waals surface area contributed by atoms with Crippen LogP contribution in [0.1, 0.15) is 46.0 Å². The van der Waals surface area contributed by atoms with Crippen molar-refractivity contribution in [1.82, 2.24) is 5.32 Å². The molecular formula is C12H25NS. The lowest BCUT2D eigenvalue weighted by Gasteiger charge is -2.23. The van der Waals surface area contributed by atoms with E-state index in [9.17, 15) is 0 Å². The highest BCUT2D eigenvalue weighted by atomic mass is 32.2. The van der Waals surface area contributed by atoms with Gasteiger partial charge in [0.05, 0.1) is 0 Å². The van der Waals surface area contributed by atoms with Gasteiger partial charge in [-0.25, -0.2) is 0 Å². The van der Waals surface area contributed by atoms with E-state index in [4.69, 9.17) is 0 Å². The van der Waals surface area contributed by atoms with Gasteiger partial charge in [-0.2, -0.15) is 11.8 Å². The third kappa shape index (κ3) is 5.26. The standard InChI is InChI=1S/C12H25NS/c1-3-14-10-11(2)13-9-12-7-5-4-6-8-12/h11-13H,3-10H2,1-2H3. The molecule has 0 aromatic heterocycles. The molecule has 1 nitrogen and oxygen atoms in total. The lowest BCUT2D eigenvalue weighted by Crippen LogP contribution is -2.33. The van der Waals surface area contributed by atoms with Crippen LogP contribution < -0.4 is 5.32 Å². The molecule has 0 heterocycles. The quantitative estimate of drug-likeness (QED) is 0.729. The van der Waals surface area contributed by atoms with Crippen molar-refractivity contribution in [3.8, 4) is 0 Å². The van der Waals surface area contributed by atoms with Gasteiger partial charge in [0.2, 0.25) is 0 Å². The summed E-state index contributed by atoms with van der Waals surface area (Å²) in [7, 11) is 0. The van der Waals surface area contributed by atoms with Crippen molar-refractivity contribution in [2.75, 3.05) is 18.1 Å². The minimum atomic E-state index is 0.696. The van der Waals surface area contributed by atoms with Crippen molar-refractivity contribution < 1.29 is 0 Å². The molecule has 1 aliphatic carbocycles. The number of rotatable bonds is 6. The molecule has 0 spiro atoms. The monoisotopic (exact) mass is 215 g/mol. The summed E-state index contributed by atoms with van der Waals surface area (Å²) in [5, 5.41) is 3.67. The maximum atomic E-state index is 3.67. The summed E-state index contributed by atoms with van der Waals surface area (Å²) >= 11 is 2.04. The molecule has 0 saturated heterocycles. The number of hydrogen-bond donors (Lipinski definition) is 1. The van der Waals surface area contributed by atoms with Gasteiger partial charge in [0.15, 0.2) is 0 Å². The molecule has 0 bridgehead atoms. The lowest BCUT2D eigenvalue weighted by atomic mass is 9.89. The Balaban J connectivity index is 2.00. The molecule has 0 aromatic rings. The van der Waals surface area contributed by atoms with Gasteiger partial charge in [-0.15, -0.1) is 0 Å². The smallest absolute Gasteiger partial charge is 0.0130 e. The summed E-state index contributed by atoms with van der Waals surface area (Å²) < 4.78 is 0. The van der Waals surface area contributed by atoms with Crippen LogP contribution in [-0.4, -0.2) is 24.1 Å². The van der Waals surface area contributed by atoms with Crippen LogP contribution in [0.4, 0.5) is 0 Å². The zero-order valence-corrected chi connectivity index (χ0v) is 10.5. The first kappa shape index (κ1) is 12.4. The normalized spacial score (nSPS) is 21.0. The molecule has 84 valence electrons. The molecule has 1 saturated carbocycles. The maximum Gasteiger partial charge on any atom is 0.0130 e. The fraction of sp³-hybridized carbons (Fsp3) is 1.00. The van der Waals surface area contributed by atoms with E-state index >= 15 is 0 Å². The molecule has 1 rings (SSSR count). The van der Waals surface area contributed by atoms with E-state index in [1.165, 1.54) is 50.2 Å². The molecule has 1 aliphatic rings. The van der Waals surface area contributed by atoms with Crippen molar-refractivity contribution in [2.24, 2.45) is 5.92 Å². The molecular weight excluding hydrogens is 190 g/mol. The van der Waals surface area contributed by atoms with Gasteiger partial charge < -0.3 is 5.32 Å². The first-order valence-electron chi connectivity index (χ1n) is 6.14. The molecule has 0 amide bonds. The van der Waals surface area contributed by atoms with Crippen LogP contribution in [0.15, 0.2) is 0 Å². The summed E-state index contributed by atoms with van der Waals surface area (Å²) in [4.78, 5) is 0. The Kier molecular flexibility index (Phi) is 6.70. The predicted octanol–water partition coefficient (Wildman–Crippen LogP) is 3.30. The van der Waals surface area contributed by atoms with E-state index in [1.807, 2.05) is 11.8 Å². The minimum absolute atomic E-state index is 0.696. The van der Waals surface area contributed by atoms with Crippen molar-refractivity contribution in [3.63, 3.8) is 0 Å². The van der Waals surface area contributed by atoms with Crippen LogP contribution in [0.25, 0.3) is 0 Å². The Labute approximate surface area is 93.4 Å². The Morgan fingerprint density at radius 2 is 2.00 bits per heavy atom. The second kappa shape index (κ2) is 7.58. The van der Waals surface area contributed by atoms with Crippen molar-refractivity contribution in [2.45, 2.75) is 52.0 Å². The zero-order chi connectivity index (χ0) is 10.2. The molecule has 0 aromatic carbocycles. The van der Waals surface area contributed by atoms with Gasteiger partial charge >= 0.3 is 0 Å². The Hall–Kier alpha value is 0.310. The van der Waals surface area contributed by atoms with Crippen LogP contribution in [0.3, 0.4) is 0 Å². The van der Waals surface area contributed by atoms with E-state index in [-0.39, 0.29) is 0 Å². The summed E-state index contributed by atoms with van der Waals surface area (Å²) in [5.74, 6) is 3.48. The van der Waals surface area contributed by atoms with Crippen molar-refractivity contribution >= 4 is 11.8 Å². The molecule has 0 aliphatic heterocycles. The van der Waals surface area contributed by atoms with Gasteiger partial charge in [-0.3, -0.25) is 0 Å². The van der Waals surface area contributed by atoms with Gasteiger partial charge in [0.25, 0.3) is 0 Å². The molecule has 14 heavy (non-hydrogen) atoms. The van der Waals surface area contributed by atoms with Crippen molar-refractivity contribution in [1.29, 1.82) is 0 Å². The van der Waals surface area contributed by atoms with E-state index in [1.54, 1.807) is 0 Å². The summed E-state index contributed by atoms with van der Waals surface area (Å²) in [6.45, 7) is 5.80. The average molecular weight is 215 g/mol. The largest absolute Gasteiger partial charge is 0.313 e. The van der Waals surface area contributed by atoms with E-state index in [0.717, 1.165) is 5.92 Å². The number of thioether (sulfide) groups is 1. The Morgan fingerprint density at radius 3 is 2.64 bits per heavy atom. The van der Waals surface area contributed by atoms with Gasteiger partial charge in [0, 0.05) is 11.8 Å². The van der Waals surface area contributed by atoms with Crippen LogP contribution >= 0.6 is 11.8 Å². The molecule has 1 N–H and O–H groups in total. The molecule has 1 fully saturated rings. The first-order chi connectivity index (χ1) is 6.83. The topological polar surface area (TPSA) is 12.0 Å². The third-order valence-corrected chi connectivity index (χ3v) is 4.20. The summed E-state index contributed by atoms with van der Waals surface area (Å²) in [5.41, 5.74) is 0. The fourth-order valence-electron chi connectivity index (χ4n) is 2.11. The predicted molar refractivity (Wildman–Crippen MR) is 67.0 cm³/mol. The van der Waals surface area contributed by atoms with Crippen LogP contribution in [0.2, 0.25) is 0 Å². The Morgan fingerprint density at radius 1 is 1.29 bits per heavy atom. The van der Waals surface area contributed by atoms with Gasteiger partial charge in [-0.05, 0) is 38.0 Å². The average Bonchev–Trinajstić information content (AvgIpc) is 2.25. The number of nitrogens with one attached hydrogen (secondary N) is 1. The molecule has 1 atom stereocenters. The Bertz CT molecular complexity index is 132. The minimum Gasteiger partial charge on any atom is -0.313 e. The highest BCUT2D eigenvalue weighted by Crippen LogP contribution is 2.22. The molecule has 2 heteroatoms.